The Hall–Kier alpha value is -3.77. The Morgan fingerprint density at radius 1 is 0.596 bits per heavy atom. The molecule has 1 aliphatic heterocycles. The monoisotopic (exact) mass is 721 g/mol. The Morgan fingerprint density at radius 2 is 0.962 bits per heavy atom. The number of nitrogens with two attached hydrogens (primary N) is 1. The number of hydrogen-bond donors (Lipinski definition) is 2. The topological polar surface area (TPSA) is 86.3 Å². The molecule has 288 valence electrons. The van der Waals surface area contributed by atoms with Gasteiger partial charge in [-0.05, 0) is 48.5 Å². The lowest BCUT2D eigenvalue weighted by Gasteiger charge is -2.30. The van der Waals surface area contributed by atoms with E-state index >= 15 is 0 Å². The Bertz CT molecular complexity index is 1480. The number of hydrogen-bond acceptors (Lipinski definition) is 6. The summed E-state index contributed by atoms with van der Waals surface area (Å²) in [5.41, 5.74) is 10.5. The first-order chi connectivity index (χ1) is 24.1. The molecule has 3 N–H and O–H groups in total. The van der Waals surface area contributed by atoms with Crippen LogP contribution in [0.15, 0.2) is 70.3 Å². The summed E-state index contributed by atoms with van der Waals surface area (Å²) < 4.78 is 3.82. The number of ketones is 1. The SMILES string of the molecule is C[N+](C)(C)CCCN(CCC[N+](C)(C)C)c1ccc(N=C2N=C(N)C(=O)C=C2Nc2ccc(N(CCC[N+](C)(C)C)CCC[N+](C)(C)C)cc2)cc1. The second-order valence-electron chi connectivity index (χ2n) is 18.5. The van der Waals surface area contributed by atoms with E-state index < -0.39 is 0 Å². The van der Waals surface area contributed by atoms with Crippen molar-refractivity contribution in [2.24, 2.45) is 15.7 Å². The second-order valence-corrected chi connectivity index (χ2v) is 18.5. The van der Waals surface area contributed by atoms with E-state index in [0.717, 1.165) is 107 Å². The lowest BCUT2D eigenvalue weighted by atomic mass is 10.2. The van der Waals surface area contributed by atoms with Crippen LogP contribution in [0.2, 0.25) is 0 Å². The third kappa shape index (κ3) is 16.3. The molecule has 2 aromatic rings. The summed E-state index contributed by atoms with van der Waals surface area (Å²) in [6.07, 6.45) is 5.97. The van der Waals surface area contributed by atoms with Gasteiger partial charge in [0.1, 0.15) is 0 Å². The molecule has 0 aromatic heterocycles. The largest absolute Gasteiger partial charge is 0.380 e. The summed E-state index contributed by atoms with van der Waals surface area (Å²) in [7, 11) is 26.9. The fourth-order valence-electron chi connectivity index (χ4n) is 6.13. The standard InChI is InChI=1S/C41H71N10O/c1-48(2,3)29-13-25-46(26-14-30-49(4,5)6)36-21-17-34(18-22-36)43-38-33-39(52)40(42)45-41(38)44-35-19-23-37(24-20-35)47(27-15-31-50(7,8)9)28-16-32-51(10,11)12/h17-24,33H,13-16,25-32H2,1-12H3,(H2-,42,43,44,45,52)/q+3/p+1. The number of dihydropyridines is 1. The van der Waals surface area contributed by atoms with E-state index in [-0.39, 0.29) is 11.6 Å². The molecule has 0 fully saturated rings. The van der Waals surface area contributed by atoms with Gasteiger partial charge >= 0.3 is 0 Å². The van der Waals surface area contributed by atoms with Gasteiger partial charge < -0.3 is 38.8 Å². The molecule has 0 aliphatic carbocycles. The fraction of sp³-hybridized carbons (Fsp3) is 0.585. The number of carbonyl (C=O) groups excluding carboxylic acids is 1. The first kappa shape index (κ1) is 42.6. The van der Waals surface area contributed by atoms with Gasteiger partial charge in [0, 0.05) is 75.0 Å². The van der Waals surface area contributed by atoms with Gasteiger partial charge in [0.2, 0.25) is 5.78 Å². The quantitative estimate of drug-likeness (QED) is 0.184. The van der Waals surface area contributed by atoms with Crippen LogP contribution in [0.5, 0.6) is 0 Å². The van der Waals surface area contributed by atoms with Crippen LogP contribution in [0.3, 0.4) is 0 Å². The minimum Gasteiger partial charge on any atom is -0.380 e. The van der Waals surface area contributed by atoms with E-state index in [2.05, 4.69) is 141 Å². The zero-order valence-electron chi connectivity index (χ0n) is 34.7. The minimum absolute atomic E-state index is 0.0599. The summed E-state index contributed by atoms with van der Waals surface area (Å²) >= 11 is 0. The van der Waals surface area contributed by atoms with E-state index in [1.807, 2.05) is 12.1 Å². The van der Waals surface area contributed by atoms with Crippen LogP contribution in [0, 0.1) is 0 Å². The van der Waals surface area contributed by atoms with E-state index in [1.54, 1.807) is 0 Å². The van der Waals surface area contributed by atoms with Crippen molar-refractivity contribution in [3.05, 3.63) is 60.3 Å². The van der Waals surface area contributed by atoms with Gasteiger partial charge in [-0.25, -0.2) is 9.98 Å². The van der Waals surface area contributed by atoms with Crippen LogP contribution in [0.1, 0.15) is 25.7 Å². The number of aliphatic imine (C=N–C) groups is 2. The maximum Gasteiger partial charge on any atom is 0.222 e. The number of nitrogens with one attached hydrogen (secondary N) is 1. The van der Waals surface area contributed by atoms with Crippen molar-refractivity contribution < 1.29 is 22.7 Å². The molecular formula is C41H72N10O+4. The summed E-state index contributed by atoms with van der Waals surface area (Å²) in [6.45, 7) is 8.49. The number of carbonyl (C=O) groups is 1. The predicted molar refractivity (Wildman–Crippen MR) is 223 cm³/mol. The average Bonchev–Trinajstić information content (AvgIpc) is 3.00. The van der Waals surface area contributed by atoms with Crippen molar-refractivity contribution >= 4 is 40.2 Å². The second kappa shape index (κ2) is 18.3. The van der Waals surface area contributed by atoms with Gasteiger partial charge in [0.05, 0.1) is 122 Å². The molecule has 0 amide bonds. The number of anilines is 3. The summed E-state index contributed by atoms with van der Waals surface area (Å²) in [5, 5.41) is 3.41. The van der Waals surface area contributed by atoms with E-state index in [9.17, 15) is 4.79 Å². The molecule has 11 heteroatoms. The molecule has 0 radical (unpaired) electrons. The molecule has 52 heavy (non-hydrogen) atoms. The maximum absolute atomic E-state index is 12.6. The van der Waals surface area contributed by atoms with E-state index in [4.69, 9.17) is 10.7 Å². The van der Waals surface area contributed by atoms with Gasteiger partial charge in [0.15, 0.2) is 11.7 Å². The lowest BCUT2D eigenvalue weighted by molar-refractivity contribution is -0.870. The Kier molecular flexibility index (Phi) is 15.0. The van der Waals surface area contributed by atoms with E-state index in [1.165, 1.54) is 17.5 Å². The van der Waals surface area contributed by atoms with Gasteiger partial charge in [-0.3, -0.25) is 4.79 Å². The molecule has 3 rings (SSSR count). The highest BCUT2D eigenvalue weighted by molar-refractivity contribution is 6.47. The third-order valence-electron chi connectivity index (χ3n) is 8.98. The van der Waals surface area contributed by atoms with Crippen molar-refractivity contribution in [3.8, 4) is 0 Å². The molecule has 11 nitrogen and oxygen atoms in total. The van der Waals surface area contributed by atoms with Crippen molar-refractivity contribution in [1.82, 2.24) is 0 Å². The fourth-order valence-corrected chi connectivity index (χ4v) is 6.13. The number of amidine groups is 2. The maximum atomic E-state index is 12.6. The molecule has 0 saturated heterocycles. The number of rotatable bonds is 21. The smallest absolute Gasteiger partial charge is 0.222 e. The molecule has 1 aliphatic rings. The van der Waals surface area contributed by atoms with Crippen molar-refractivity contribution in [3.63, 3.8) is 0 Å². The normalized spacial score (nSPS) is 15.1. The van der Waals surface area contributed by atoms with Gasteiger partial charge in [-0.1, -0.05) is 0 Å². The van der Waals surface area contributed by atoms with Gasteiger partial charge in [-0.15, -0.1) is 0 Å². The summed E-state index contributed by atoms with van der Waals surface area (Å²) in [6, 6.07) is 16.8. The van der Waals surface area contributed by atoms with Crippen LogP contribution >= 0.6 is 0 Å². The highest BCUT2D eigenvalue weighted by Crippen LogP contribution is 2.25. The van der Waals surface area contributed by atoms with Crippen molar-refractivity contribution in [2.75, 3.05) is 152 Å². The average molecular weight is 721 g/mol. The predicted octanol–water partition coefficient (Wildman–Crippen LogP) is 4.65. The molecule has 0 atom stereocenters. The summed E-state index contributed by atoms with van der Waals surface area (Å²) in [5.74, 6) is 0.00162. The molecule has 2 aromatic carbocycles. The van der Waals surface area contributed by atoms with Crippen LogP contribution in [-0.4, -0.2) is 172 Å². The van der Waals surface area contributed by atoms with Gasteiger partial charge in [0.25, 0.3) is 0 Å². The van der Waals surface area contributed by atoms with Crippen LogP contribution in [0.25, 0.3) is 0 Å². The molecule has 1 heterocycles. The first-order valence-corrected chi connectivity index (χ1v) is 19.0. The molecular weight excluding hydrogens is 649 g/mol. The zero-order valence-corrected chi connectivity index (χ0v) is 34.7. The Labute approximate surface area is 316 Å². The van der Waals surface area contributed by atoms with Crippen molar-refractivity contribution in [1.29, 1.82) is 0 Å². The van der Waals surface area contributed by atoms with Gasteiger partial charge in [-0.2, -0.15) is 0 Å². The first-order valence-electron chi connectivity index (χ1n) is 19.0. The van der Waals surface area contributed by atoms with E-state index in [0.29, 0.717) is 11.5 Å². The number of benzene rings is 2. The molecule has 0 spiro atoms. The molecule has 0 unspecified atom stereocenters. The molecule has 0 saturated carbocycles. The number of nitrogens with zero attached hydrogens (tertiary/aromatic N) is 8. The van der Waals surface area contributed by atoms with Crippen molar-refractivity contribution in [2.45, 2.75) is 25.7 Å². The highest BCUT2D eigenvalue weighted by Gasteiger charge is 2.20. The minimum atomic E-state index is -0.326. The highest BCUT2D eigenvalue weighted by atomic mass is 16.1. The Balaban J connectivity index is 1.78. The number of quaternary nitrogens is 4. The Morgan fingerprint density at radius 3 is 1.33 bits per heavy atom. The van der Waals surface area contributed by atoms with Crippen LogP contribution < -0.4 is 20.9 Å². The zero-order chi connectivity index (χ0) is 38.7. The summed E-state index contributed by atoms with van der Waals surface area (Å²) in [4.78, 5) is 26.9. The molecule has 0 bridgehead atoms. The van der Waals surface area contributed by atoms with Crippen LogP contribution in [0.4, 0.5) is 22.7 Å². The lowest BCUT2D eigenvalue weighted by Crippen LogP contribution is -2.39. The third-order valence-corrected chi connectivity index (χ3v) is 8.98. The van der Waals surface area contributed by atoms with Crippen LogP contribution in [-0.2, 0) is 4.79 Å².